The highest BCUT2D eigenvalue weighted by molar-refractivity contribution is 7.92. The zero-order valence-corrected chi connectivity index (χ0v) is 15.1. The molecule has 2 amide bonds. The van der Waals surface area contributed by atoms with Gasteiger partial charge >= 0.3 is 12.2 Å². The van der Waals surface area contributed by atoms with Gasteiger partial charge in [-0.3, -0.25) is 0 Å². The van der Waals surface area contributed by atoms with Gasteiger partial charge in [0.25, 0.3) is 0 Å². The van der Waals surface area contributed by atoms with Gasteiger partial charge in [-0.2, -0.15) is 13.2 Å². The monoisotopic (exact) mass is 391 g/mol. The standard InChI is InChI=1S/C16H20F3N3O3S/c1-21(2)13-9-26(24,25)14-8-22(7-10(13)14)15(23)20-12-6-4-3-5-11(12)16(17,18)19/h3-6,10,13-14H,7-9H2,1-2H3,(H,20,23)/t10-,13+,14-/m0/s1. The third-order valence-corrected chi connectivity index (χ3v) is 7.32. The number of carbonyl (C=O) groups excluding carboxylic acids is 1. The van der Waals surface area contributed by atoms with Crippen LogP contribution in [-0.2, 0) is 16.0 Å². The first-order valence-corrected chi connectivity index (χ1v) is 9.82. The van der Waals surface area contributed by atoms with Crippen molar-refractivity contribution in [3.63, 3.8) is 0 Å². The molecule has 2 heterocycles. The fraction of sp³-hybridized carbons (Fsp3) is 0.562. The lowest BCUT2D eigenvalue weighted by atomic mass is 10.00. The Kier molecular flexibility index (Phi) is 4.68. The molecule has 2 aliphatic rings. The van der Waals surface area contributed by atoms with Crippen LogP contribution in [0.25, 0.3) is 0 Å². The van der Waals surface area contributed by atoms with Crippen LogP contribution in [0, 0.1) is 5.92 Å². The van der Waals surface area contributed by atoms with E-state index in [2.05, 4.69) is 5.32 Å². The Bertz CT molecular complexity index is 810. The Morgan fingerprint density at radius 2 is 1.88 bits per heavy atom. The van der Waals surface area contributed by atoms with E-state index in [4.69, 9.17) is 0 Å². The molecular formula is C16H20F3N3O3S. The number of anilines is 1. The van der Waals surface area contributed by atoms with E-state index in [0.29, 0.717) is 0 Å². The molecule has 0 saturated carbocycles. The van der Waals surface area contributed by atoms with Gasteiger partial charge in [-0.15, -0.1) is 0 Å². The number of benzene rings is 1. The maximum absolute atomic E-state index is 13.1. The third kappa shape index (κ3) is 3.39. The Morgan fingerprint density at radius 1 is 1.23 bits per heavy atom. The molecule has 10 heteroatoms. The van der Waals surface area contributed by atoms with Crippen LogP contribution in [0.3, 0.4) is 0 Å². The summed E-state index contributed by atoms with van der Waals surface area (Å²) < 4.78 is 63.8. The van der Waals surface area contributed by atoms with Crippen molar-refractivity contribution in [2.24, 2.45) is 5.92 Å². The van der Waals surface area contributed by atoms with Crippen molar-refractivity contribution >= 4 is 21.6 Å². The molecule has 1 N–H and O–H groups in total. The molecular weight excluding hydrogens is 371 g/mol. The lowest BCUT2D eigenvalue weighted by Crippen LogP contribution is -2.40. The minimum absolute atomic E-state index is 0.00262. The molecule has 1 aromatic rings. The van der Waals surface area contributed by atoms with Crippen LogP contribution in [0.2, 0.25) is 0 Å². The van der Waals surface area contributed by atoms with Crippen molar-refractivity contribution in [3.8, 4) is 0 Å². The molecule has 0 unspecified atom stereocenters. The van der Waals surface area contributed by atoms with E-state index in [-0.39, 0.29) is 36.5 Å². The minimum atomic E-state index is -4.59. The quantitative estimate of drug-likeness (QED) is 0.836. The third-order valence-electron chi connectivity index (χ3n) is 5.09. The normalized spacial score (nSPS) is 27.6. The topological polar surface area (TPSA) is 69.7 Å². The predicted molar refractivity (Wildman–Crippen MR) is 90.6 cm³/mol. The van der Waals surface area contributed by atoms with Gasteiger partial charge in [0.1, 0.15) is 0 Å². The van der Waals surface area contributed by atoms with Crippen LogP contribution >= 0.6 is 0 Å². The van der Waals surface area contributed by atoms with Crippen molar-refractivity contribution in [3.05, 3.63) is 29.8 Å². The number of amides is 2. The highest BCUT2D eigenvalue weighted by Crippen LogP contribution is 2.37. The number of fused-ring (bicyclic) bond motifs is 1. The maximum Gasteiger partial charge on any atom is 0.418 e. The summed E-state index contributed by atoms with van der Waals surface area (Å²) in [6.45, 7) is 0.199. The van der Waals surface area contributed by atoms with Crippen molar-refractivity contribution in [1.29, 1.82) is 0 Å². The summed E-state index contributed by atoms with van der Waals surface area (Å²) in [6, 6.07) is 3.79. The van der Waals surface area contributed by atoms with Gasteiger partial charge in [0.2, 0.25) is 0 Å². The van der Waals surface area contributed by atoms with Gasteiger partial charge in [0, 0.05) is 25.0 Å². The maximum atomic E-state index is 13.1. The molecule has 144 valence electrons. The van der Waals surface area contributed by atoms with Gasteiger partial charge < -0.3 is 15.1 Å². The van der Waals surface area contributed by atoms with Crippen LogP contribution in [0.15, 0.2) is 24.3 Å². The number of nitrogens with zero attached hydrogens (tertiary/aromatic N) is 2. The molecule has 0 bridgehead atoms. The lowest BCUT2D eigenvalue weighted by molar-refractivity contribution is -0.136. The van der Waals surface area contributed by atoms with Crippen molar-refractivity contribution in [2.45, 2.75) is 17.5 Å². The number of likely N-dealkylation sites (tertiary alicyclic amines) is 1. The van der Waals surface area contributed by atoms with E-state index in [1.165, 1.54) is 23.1 Å². The molecule has 2 saturated heterocycles. The summed E-state index contributed by atoms with van der Waals surface area (Å²) in [6.07, 6.45) is -4.59. The molecule has 0 aliphatic carbocycles. The fourth-order valence-electron chi connectivity index (χ4n) is 3.77. The van der Waals surface area contributed by atoms with Gasteiger partial charge in [0.15, 0.2) is 9.84 Å². The Balaban J connectivity index is 1.78. The molecule has 26 heavy (non-hydrogen) atoms. The SMILES string of the molecule is CN(C)[C@@H]1CS(=O)(=O)[C@H]2CN(C(=O)Nc3ccccc3C(F)(F)F)C[C@@H]12. The van der Waals surface area contributed by atoms with E-state index in [9.17, 15) is 26.4 Å². The number of urea groups is 1. The Morgan fingerprint density at radius 3 is 2.50 bits per heavy atom. The van der Waals surface area contributed by atoms with Crippen LogP contribution in [-0.4, -0.2) is 68.5 Å². The van der Waals surface area contributed by atoms with Gasteiger partial charge in [-0.25, -0.2) is 13.2 Å². The van der Waals surface area contributed by atoms with Crippen LogP contribution in [0.1, 0.15) is 5.56 Å². The molecule has 0 radical (unpaired) electrons. The van der Waals surface area contributed by atoms with E-state index >= 15 is 0 Å². The first kappa shape index (κ1) is 19.0. The van der Waals surface area contributed by atoms with Gasteiger partial charge in [-0.1, -0.05) is 12.1 Å². The lowest BCUT2D eigenvalue weighted by Gasteiger charge is -2.25. The molecule has 1 aromatic carbocycles. The highest BCUT2D eigenvalue weighted by Gasteiger charge is 2.53. The second-order valence-corrected chi connectivity index (χ2v) is 9.21. The predicted octanol–water partition coefficient (Wildman–Crippen LogP) is 1.90. The first-order chi connectivity index (χ1) is 12.0. The molecule has 3 atom stereocenters. The van der Waals surface area contributed by atoms with Crippen molar-refractivity contribution in [2.75, 3.05) is 38.3 Å². The van der Waals surface area contributed by atoms with E-state index in [1.54, 1.807) is 14.1 Å². The van der Waals surface area contributed by atoms with Gasteiger partial charge in [0.05, 0.1) is 22.3 Å². The smallest absolute Gasteiger partial charge is 0.323 e. The van der Waals surface area contributed by atoms with Gasteiger partial charge in [-0.05, 0) is 26.2 Å². The molecule has 0 aromatic heterocycles. The van der Waals surface area contributed by atoms with Crippen LogP contribution in [0.4, 0.5) is 23.7 Å². The first-order valence-electron chi connectivity index (χ1n) is 8.11. The Hall–Kier alpha value is -1.81. The molecule has 3 rings (SSSR count). The summed E-state index contributed by atoms with van der Waals surface area (Å²) in [7, 11) is 0.233. The zero-order chi connectivity index (χ0) is 19.3. The summed E-state index contributed by atoms with van der Waals surface area (Å²) in [5.41, 5.74) is -1.28. The number of halogens is 3. The molecule has 6 nitrogen and oxygen atoms in total. The van der Waals surface area contributed by atoms with Crippen molar-refractivity contribution in [1.82, 2.24) is 9.80 Å². The fourth-order valence-corrected chi connectivity index (χ4v) is 6.24. The Labute approximate surface area is 149 Å². The largest absolute Gasteiger partial charge is 0.418 e. The summed E-state index contributed by atoms with van der Waals surface area (Å²) >= 11 is 0. The summed E-state index contributed by atoms with van der Waals surface area (Å²) in [4.78, 5) is 15.6. The van der Waals surface area contributed by atoms with Crippen molar-refractivity contribution < 1.29 is 26.4 Å². The second-order valence-electron chi connectivity index (χ2n) is 6.94. The van der Waals surface area contributed by atoms with E-state index < -0.39 is 32.9 Å². The number of para-hydroxylation sites is 1. The van der Waals surface area contributed by atoms with E-state index in [0.717, 1.165) is 6.07 Å². The summed E-state index contributed by atoms with van der Waals surface area (Å²) in [5, 5.41) is 1.61. The number of hydrogen-bond donors (Lipinski definition) is 1. The number of rotatable bonds is 2. The average Bonchev–Trinajstić information content (AvgIpc) is 3.06. The van der Waals surface area contributed by atoms with Crippen LogP contribution in [0.5, 0.6) is 0 Å². The number of carbonyl (C=O) groups is 1. The molecule has 0 spiro atoms. The number of alkyl halides is 3. The average molecular weight is 391 g/mol. The molecule has 2 aliphatic heterocycles. The summed E-state index contributed by atoms with van der Waals surface area (Å²) in [5.74, 6) is -0.194. The zero-order valence-electron chi connectivity index (χ0n) is 14.3. The molecule has 2 fully saturated rings. The second kappa shape index (κ2) is 6.41. The number of sulfone groups is 1. The minimum Gasteiger partial charge on any atom is -0.323 e. The number of hydrogen-bond acceptors (Lipinski definition) is 4. The number of nitrogens with one attached hydrogen (secondary N) is 1. The van der Waals surface area contributed by atoms with E-state index in [1.807, 2.05) is 4.90 Å². The highest BCUT2D eigenvalue weighted by atomic mass is 32.2. The van der Waals surface area contributed by atoms with Crippen LogP contribution < -0.4 is 5.32 Å².